The lowest BCUT2D eigenvalue weighted by molar-refractivity contribution is -0.139. The first-order valence-corrected chi connectivity index (χ1v) is 8.59. The molecule has 0 fully saturated rings. The van der Waals surface area contributed by atoms with Crippen LogP contribution >= 0.6 is 0 Å². The number of aryl methyl sites for hydroxylation is 3. The standard InChI is InChI=1S/C20H22F3NO4/c1-5-14-10-16(20(21,22)23)18(9-13(14)3)28-11-15-12(2)7-6-8-17(15)24(26)19(25)27-4/h6-10,26H,5,11H2,1-4H3. The van der Waals surface area contributed by atoms with Crippen molar-refractivity contribution >= 4 is 11.8 Å². The van der Waals surface area contributed by atoms with Gasteiger partial charge >= 0.3 is 12.3 Å². The predicted molar refractivity (Wildman–Crippen MR) is 97.7 cm³/mol. The maximum Gasteiger partial charge on any atom is 0.438 e. The molecule has 2 rings (SSSR count). The van der Waals surface area contributed by atoms with E-state index in [0.29, 0.717) is 33.7 Å². The summed E-state index contributed by atoms with van der Waals surface area (Å²) >= 11 is 0. The van der Waals surface area contributed by atoms with Gasteiger partial charge < -0.3 is 9.47 Å². The zero-order chi connectivity index (χ0) is 21.1. The van der Waals surface area contributed by atoms with Crippen LogP contribution in [0.25, 0.3) is 0 Å². The van der Waals surface area contributed by atoms with Gasteiger partial charge in [-0.05, 0) is 55.2 Å². The third-order valence-electron chi connectivity index (χ3n) is 4.46. The Balaban J connectivity index is 2.42. The zero-order valence-corrected chi connectivity index (χ0v) is 16.1. The van der Waals surface area contributed by atoms with Gasteiger partial charge in [0.15, 0.2) is 0 Å². The highest BCUT2D eigenvalue weighted by Gasteiger charge is 2.35. The summed E-state index contributed by atoms with van der Waals surface area (Å²) < 4.78 is 50.4. The molecule has 0 unspecified atom stereocenters. The van der Waals surface area contributed by atoms with E-state index in [1.807, 2.05) is 0 Å². The highest BCUT2D eigenvalue weighted by atomic mass is 19.4. The van der Waals surface area contributed by atoms with Crippen molar-refractivity contribution in [1.29, 1.82) is 0 Å². The molecular weight excluding hydrogens is 375 g/mol. The summed E-state index contributed by atoms with van der Waals surface area (Å²) in [5.74, 6) is -0.307. The first-order valence-electron chi connectivity index (χ1n) is 8.59. The number of carbonyl (C=O) groups excluding carboxylic acids is 1. The van der Waals surface area contributed by atoms with E-state index >= 15 is 0 Å². The molecular formula is C20H22F3NO4. The summed E-state index contributed by atoms with van der Waals surface area (Å²) in [6.45, 7) is 4.93. The fourth-order valence-electron chi connectivity index (χ4n) is 2.86. The van der Waals surface area contributed by atoms with E-state index in [2.05, 4.69) is 4.74 Å². The van der Waals surface area contributed by atoms with Gasteiger partial charge in [-0.3, -0.25) is 5.21 Å². The van der Waals surface area contributed by atoms with E-state index in [1.165, 1.54) is 12.1 Å². The Bertz CT molecular complexity index is 865. The Hall–Kier alpha value is -2.74. The van der Waals surface area contributed by atoms with E-state index in [9.17, 15) is 23.2 Å². The fourth-order valence-corrected chi connectivity index (χ4v) is 2.86. The molecule has 1 N–H and O–H groups in total. The van der Waals surface area contributed by atoms with Gasteiger partial charge in [0, 0.05) is 5.56 Å². The van der Waals surface area contributed by atoms with E-state index in [4.69, 9.17) is 4.74 Å². The molecule has 2 aromatic carbocycles. The minimum atomic E-state index is -4.57. The molecule has 0 bridgehead atoms. The van der Waals surface area contributed by atoms with Crippen LogP contribution in [-0.2, 0) is 23.9 Å². The van der Waals surface area contributed by atoms with Crippen molar-refractivity contribution in [1.82, 2.24) is 0 Å². The van der Waals surface area contributed by atoms with Crippen LogP contribution in [0, 0.1) is 13.8 Å². The Kier molecular flexibility index (Phi) is 6.56. The molecule has 1 amide bonds. The van der Waals surface area contributed by atoms with Crippen LogP contribution in [0.5, 0.6) is 5.75 Å². The molecule has 8 heteroatoms. The molecule has 0 saturated heterocycles. The summed E-state index contributed by atoms with van der Waals surface area (Å²) in [4.78, 5) is 11.6. The number of rotatable bonds is 5. The van der Waals surface area contributed by atoms with Crippen LogP contribution in [0.1, 0.15) is 34.7 Å². The third-order valence-corrected chi connectivity index (χ3v) is 4.46. The second-order valence-corrected chi connectivity index (χ2v) is 6.27. The highest BCUT2D eigenvalue weighted by Crippen LogP contribution is 2.39. The number of amides is 1. The van der Waals surface area contributed by atoms with Gasteiger partial charge in [0.05, 0.1) is 18.4 Å². The number of alkyl halides is 3. The Morgan fingerprint density at radius 2 is 1.86 bits per heavy atom. The third kappa shape index (κ3) is 4.56. The largest absolute Gasteiger partial charge is 0.488 e. The van der Waals surface area contributed by atoms with Crippen molar-refractivity contribution in [2.45, 2.75) is 40.0 Å². The summed E-state index contributed by atoms with van der Waals surface area (Å²) in [5, 5.41) is 10.3. The molecule has 0 radical (unpaired) electrons. The van der Waals surface area contributed by atoms with Crippen LogP contribution in [0.4, 0.5) is 23.7 Å². The number of ether oxygens (including phenoxy) is 2. The number of benzene rings is 2. The molecule has 0 aromatic heterocycles. The molecule has 0 saturated carbocycles. The van der Waals surface area contributed by atoms with Crippen molar-refractivity contribution < 1.29 is 32.6 Å². The number of hydroxylamine groups is 1. The first kappa shape index (κ1) is 21.6. The fraction of sp³-hybridized carbons (Fsp3) is 0.350. The number of halogens is 3. The molecule has 0 spiro atoms. The lowest BCUT2D eigenvalue weighted by Gasteiger charge is -2.21. The molecule has 0 aliphatic heterocycles. The van der Waals surface area contributed by atoms with Gasteiger partial charge in [0.2, 0.25) is 0 Å². The predicted octanol–water partition coefficient (Wildman–Crippen LogP) is 5.43. The molecule has 0 aliphatic rings. The second-order valence-electron chi connectivity index (χ2n) is 6.27. The Morgan fingerprint density at radius 3 is 2.43 bits per heavy atom. The van der Waals surface area contributed by atoms with Crippen molar-refractivity contribution in [3.05, 3.63) is 58.1 Å². The molecule has 5 nitrogen and oxygen atoms in total. The molecule has 0 atom stereocenters. The molecule has 152 valence electrons. The Morgan fingerprint density at radius 1 is 1.18 bits per heavy atom. The van der Waals surface area contributed by atoms with Crippen LogP contribution in [0.15, 0.2) is 30.3 Å². The van der Waals surface area contributed by atoms with E-state index in [-0.39, 0.29) is 18.0 Å². The number of hydrogen-bond acceptors (Lipinski definition) is 4. The monoisotopic (exact) mass is 397 g/mol. The maximum absolute atomic E-state index is 13.5. The summed E-state index contributed by atoms with van der Waals surface area (Å²) in [7, 11) is 1.10. The van der Waals surface area contributed by atoms with Crippen LogP contribution in [-0.4, -0.2) is 18.4 Å². The van der Waals surface area contributed by atoms with E-state index < -0.39 is 17.8 Å². The number of carbonyl (C=O) groups is 1. The van der Waals surface area contributed by atoms with Crippen molar-refractivity contribution in [3.63, 3.8) is 0 Å². The van der Waals surface area contributed by atoms with Crippen molar-refractivity contribution in [2.24, 2.45) is 0 Å². The zero-order valence-electron chi connectivity index (χ0n) is 16.1. The Labute approximate surface area is 161 Å². The van der Waals surface area contributed by atoms with Gasteiger partial charge in [-0.25, -0.2) is 4.79 Å². The van der Waals surface area contributed by atoms with Gasteiger partial charge in [0.25, 0.3) is 0 Å². The van der Waals surface area contributed by atoms with Crippen molar-refractivity contribution in [3.8, 4) is 5.75 Å². The summed E-state index contributed by atoms with van der Waals surface area (Å²) in [6, 6.07) is 7.19. The quantitative estimate of drug-likeness (QED) is 0.540. The van der Waals surface area contributed by atoms with Crippen LogP contribution in [0.3, 0.4) is 0 Å². The summed E-state index contributed by atoms with van der Waals surface area (Å²) in [6.07, 6.45) is -5.13. The summed E-state index contributed by atoms with van der Waals surface area (Å²) in [5.41, 5.74) is 1.48. The highest BCUT2D eigenvalue weighted by molar-refractivity contribution is 5.86. The molecule has 0 heterocycles. The van der Waals surface area contributed by atoms with E-state index in [0.717, 1.165) is 13.2 Å². The van der Waals surface area contributed by atoms with Crippen LogP contribution in [0.2, 0.25) is 0 Å². The number of methoxy groups -OCH3 is 1. The number of anilines is 1. The lowest BCUT2D eigenvalue weighted by atomic mass is 10.0. The normalized spacial score (nSPS) is 11.3. The van der Waals surface area contributed by atoms with Gasteiger partial charge in [-0.15, -0.1) is 0 Å². The first-order chi connectivity index (χ1) is 13.1. The molecule has 28 heavy (non-hydrogen) atoms. The topological polar surface area (TPSA) is 59.0 Å². The second kappa shape index (κ2) is 8.52. The van der Waals surface area contributed by atoms with Gasteiger partial charge in [0.1, 0.15) is 12.4 Å². The van der Waals surface area contributed by atoms with Crippen molar-refractivity contribution in [2.75, 3.05) is 12.2 Å². The molecule has 2 aromatic rings. The van der Waals surface area contributed by atoms with Crippen LogP contribution < -0.4 is 9.80 Å². The smallest absolute Gasteiger partial charge is 0.438 e. The van der Waals surface area contributed by atoms with Gasteiger partial charge in [-0.1, -0.05) is 19.1 Å². The van der Waals surface area contributed by atoms with E-state index in [1.54, 1.807) is 32.9 Å². The average Bonchev–Trinajstić information content (AvgIpc) is 2.64. The minimum Gasteiger partial charge on any atom is -0.488 e. The van der Waals surface area contributed by atoms with Gasteiger partial charge in [-0.2, -0.15) is 18.2 Å². The molecule has 0 aliphatic carbocycles. The SMILES string of the molecule is CCc1cc(C(F)(F)F)c(OCc2c(C)cccc2N(O)C(=O)OC)cc1C. The lowest BCUT2D eigenvalue weighted by Crippen LogP contribution is -2.28. The number of nitrogens with zero attached hydrogens (tertiary/aromatic N) is 1. The maximum atomic E-state index is 13.5. The number of hydrogen-bond donors (Lipinski definition) is 1. The average molecular weight is 397 g/mol. The minimum absolute atomic E-state index is 0.0716.